The maximum absolute atomic E-state index is 15.5. The lowest BCUT2D eigenvalue weighted by Crippen LogP contribution is -2.26. The van der Waals surface area contributed by atoms with Gasteiger partial charge in [0.1, 0.15) is 23.1 Å². The highest BCUT2D eigenvalue weighted by Crippen LogP contribution is 2.35. The quantitative estimate of drug-likeness (QED) is 0.435. The maximum atomic E-state index is 15.5. The predicted octanol–water partition coefficient (Wildman–Crippen LogP) is 3.65. The van der Waals surface area contributed by atoms with Crippen LogP contribution in [-0.4, -0.2) is 36.1 Å². The second kappa shape index (κ2) is 9.18. The summed E-state index contributed by atoms with van der Waals surface area (Å²) in [5.74, 6) is -0.529. The van der Waals surface area contributed by atoms with Crippen molar-refractivity contribution in [3.8, 4) is 17.3 Å². The molecule has 0 radical (unpaired) electrons. The van der Waals surface area contributed by atoms with Gasteiger partial charge in [0.15, 0.2) is 5.82 Å². The van der Waals surface area contributed by atoms with Crippen molar-refractivity contribution < 1.29 is 14.2 Å². The lowest BCUT2D eigenvalue weighted by molar-refractivity contribution is 0.264. The van der Waals surface area contributed by atoms with Crippen molar-refractivity contribution in [1.29, 1.82) is 0 Å². The fourth-order valence-electron chi connectivity index (χ4n) is 4.29. The van der Waals surface area contributed by atoms with Gasteiger partial charge in [0.05, 0.1) is 18.2 Å². The highest BCUT2D eigenvalue weighted by atomic mass is 35.5. The Balaban J connectivity index is 2.11. The van der Waals surface area contributed by atoms with Gasteiger partial charge >= 0.3 is 5.69 Å². The number of benzene rings is 1. The second-order valence-electron chi connectivity index (χ2n) is 9.44. The number of ether oxygens (including phenoxy) is 1. The van der Waals surface area contributed by atoms with Crippen LogP contribution in [0.3, 0.4) is 0 Å². The lowest BCUT2D eigenvalue weighted by Gasteiger charge is -2.24. The third-order valence-corrected chi connectivity index (χ3v) is 6.44. The number of aliphatic hydroxyl groups is 1. The zero-order valence-corrected chi connectivity index (χ0v) is 21.6. The van der Waals surface area contributed by atoms with Crippen molar-refractivity contribution in [2.75, 3.05) is 7.11 Å². The van der Waals surface area contributed by atoms with Gasteiger partial charge in [0.25, 0.3) is 5.56 Å². The number of aryl methyl sites for hydroxylation is 1. The van der Waals surface area contributed by atoms with E-state index < -0.39 is 29.1 Å². The molecule has 0 atom stereocenters. The molecule has 11 heteroatoms. The number of aromatic nitrogens is 5. The molecule has 0 bridgehead atoms. The van der Waals surface area contributed by atoms with Gasteiger partial charge in [0.2, 0.25) is 5.88 Å². The minimum Gasteiger partial charge on any atom is -0.480 e. The summed E-state index contributed by atoms with van der Waals surface area (Å²) in [6.45, 7) is 9.16. The Morgan fingerprint density at radius 2 is 1.89 bits per heavy atom. The lowest BCUT2D eigenvalue weighted by atomic mass is 9.84. The molecule has 0 spiro atoms. The van der Waals surface area contributed by atoms with E-state index in [0.717, 1.165) is 16.3 Å². The average molecular weight is 516 g/mol. The molecule has 4 aromatic rings. The normalized spacial score (nSPS) is 11.9. The summed E-state index contributed by atoms with van der Waals surface area (Å²) in [6.07, 6.45) is 3.22. The Morgan fingerprint density at radius 3 is 2.44 bits per heavy atom. The minimum absolute atomic E-state index is 0.111. The van der Waals surface area contributed by atoms with E-state index in [2.05, 4.69) is 10.1 Å². The highest BCUT2D eigenvalue weighted by molar-refractivity contribution is 6.33. The van der Waals surface area contributed by atoms with Gasteiger partial charge < -0.3 is 9.84 Å². The predicted molar refractivity (Wildman–Crippen MR) is 135 cm³/mol. The molecular formula is C25H27ClFN5O4. The first-order chi connectivity index (χ1) is 16.9. The van der Waals surface area contributed by atoms with Crippen LogP contribution in [0.1, 0.15) is 44.6 Å². The third kappa shape index (κ3) is 4.00. The number of hydrogen-bond donors (Lipinski definition) is 1. The van der Waals surface area contributed by atoms with Crippen LogP contribution in [0.4, 0.5) is 4.39 Å². The molecule has 4 rings (SSSR count). The number of methoxy groups -OCH3 is 1. The number of aliphatic hydroxyl groups excluding tert-OH is 1. The van der Waals surface area contributed by atoms with E-state index in [1.165, 1.54) is 22.3 Å². The summed E-state index contributed by atoms with van der Waals surface area (Å²) in [5, 5.41) is 14.4. The zero-order chi connectivity index (χ0) is 26.5. The molecule has 1 N–H and O–H groups in total. The van der Waals surface area contributed by atoms with Crippen LogP contribution in [0.25, 0.3) is 22.1 Å². The van der Waals surface area contributed by atoms with E-state index in [9.17, 15) is 14.7 Å². The van der Waals surface area contributed by atoms with Gasteiger partial charge in [-0.2, -0.15) is 4.68 Å². The molecule has 190 valence electrons. The van der Waals surface area contributed by atoms with Crippen molar-refractivity contribution in [2.24, 2.45) is 0 Å². The first kappa shape index (κ1) is 25.6. The first-order valence-corrected chi connectivity index (χ1v) is 11.7. The largest absolute Gasteiger partial charge is 0.480 e. The second-order valence-corrected chi connectivity index (χ2v) is 9.82. The molecule has 0 amide bonds. The van der Waals surface area contributed by atoms with Crippen LogP contribution < -0.4 is 16.0 Å². The fraction of sp³-hybridized carbons (Fsp3) is 0.360. The van der Waals surface area contributed by atoms with Crippen LogP contribution >= 0.6 is 11.6 Å². The van der Waals surface area contributed by atoms with Crippen molar-refractivity contribution in [3.63, 3.8) is 0 Å². The molecule has 0 saturated heterocycles. The minimum atomic E-state index is -0.806. The molecule has 36 heavy (non-hydrogen) atoms. The number of pyridine rings is 2. The summed E-state index contributed by atoms with van der Waals surface area (Å²) in [7, 11) is 1.43. The van der Waals surface area contributed by atoms with Gasteiger partial charge in [0, 0.05) is 18.9 Å². The molecule has 0 aliphatic heterocycles. The Labute approximate surface area is 211 Å². The SMILES string of the molecule is CCn1c(CO)nn(-c2cc3c(C(C)(C)C)cn(-c4c(C)cnc(OC)c4Cl)c(=O)c3cc2F)c1=O. The van der Waals surface area contributed by atoms with E-state index in [0.29, 0.717) is 16.6 Å². The molecule has 0 aliphatic carbocycles. The Bertz CT molecular complexity index is 1610. The Hall–Kier alpha value is -3.50. The standard InChI is InChI=1S/C25H27ClFN5O4/c1-7-30-19(12-33)29-32(24(30)35)18-9-14-15(8-17(18)27)23(34)31(11-16(14)25(3,4)5)21-13(2)10-28-22(36-6)20(21)26/h8-11,33H,7,12H2,1-6H3. The smallest absolute Gasteiger partial charge is 0.350 e. The van der Waals surface area contributed by atoms with Crippen LogP contribution in [0.15, 0.2) is 34.1 Å². The van der Waals surface area contributed by atoms with Gasteiger partial charge in [-0.3, -0.25) is 13.9 Å². The highest BCUT2D eigenvalue weighted by Gasteiger charge is 2.25. The molecule has 3 heterocycles. The van der Waals surface area contributed by atoms with Crippen LogP contribution in [0.5, 0.6) is 5.88 Å². The molecule has 3 aromatic heterocycles. The van der Waals surface area contributed by atoms with E-state index in [1.54, 1.807) is 26.2 Å². The van der Waals surface area contributed by atoms with Gasteiger partial charge in [-0.1, -0.05) is 32.4 Å². The van der Waals surface area contributed by atoms with Crippen LogP contribution in [0.2, 0.25) is 5.02 Å². The maximum Gasteiger partial charge on any atom is 0.350 e. The Morgan fingerprint density at radius 1 is 1.19 bits per heavy atom. The third-order valence-electron chi connectivity index (χ3n) is 6.10. The van der Waals surface area contributed by atoms with E-state index >= 15 is 4.39 Å². The van der Waals surface area contributed by atoms with Gasteiger partial charge in [-0.25, -0.2) is 14.2 Å². The first-order valence-electron chi connectivity index (χ1n) is 11.3. The number of fused-ring (bicyclic) bond motifs is 1. The van der Waals surface area contributed by atoms with E-state index in [4.69, 9.17) is 16.3 Å². The van der Waals surface area contributed by atoms with Crippen molar-refractivity contribution in [3.05, 3.63) is 73.2 Å². The molecule has 1 aromatic carbocycles. The summed E-state index contributed by atoms with van der Waals surface area (Å²) < 4.78 is 24.3. The van der Waals surface area contributed by atoms with Crippen molar-refractivity contribution in [1.82, 2.24) is 23.9 Å². The van der Waals surface area contributed by atoms with Crippen LogP contribution in [-0.2, 0) is 18.6 Å². The summed E-state index contributed by atoms with van der Waals surface area (Å²) in [5.41, 5.74) is 0.0561. The van der Waals surface area contributed by atoms with Gasteiger partial charge in [-0.05, 0) is 47.9 Å². The molecule has 0 fully saturated rings. The monoisotopic (exact) mass is 515 g/mol. The summed E-state index contributed by atoms with van der Waals surface area (Å²) in [6, 6.07) is 2.56. The molecule has 0 aliphatic rings. The average Bonchev–Trinajstić information content (AvgIpc) is 3.14. The zero-order valence-electron chi connectivity index (χ0n) is 20.9. The van der Waals surface area contributed by atoms with E-state index in [-0.39, 0.29) is 34.3 Å². The number of halogens is 2. The van der Waals surface area contributed by atoms with Crippen LogP contribution in [0, 0.1) is 12.7 Å². The van der Waals surface area contributed by atoms with Crippen molar-refractivity contribution >= 4 is 22.4 Å². The number of nitrogens with zero attached hydrogens (tertiary/aromatic N) is 5. The summed E-state index contributed by atoms with van der Waals surface area (Å²) in [4.78, 5) is 30.7. The molecule has 9 nitrogen and oxygen atoms in total. The molecule has 0 unspecified atom stereocenters. The number of hydrogen-bond acceptors (Lipinski definition) is 6. The van der Waals surface area contributed by atoms with Crippen molar-refractivity contribution in [2.45, 2.75) is 53.2 Å². The van der Waals surface area contributed by atoms with E-state index in [1.807, 2.05) is 20.8 Å². The van der Waals surface area contributed by atoms with Gasteiger partial charge in [-0.15, -0.1) is 5.10 Å². The molecule has 0 saturated carbocycles. The Kier molecular flexibility index (Phi) is 6.52. The summed E-state index contributed by atoms with van der Waals surface area (Å²) >= 11 is 6.55. The fourth-order valence-corrected chi connectivity index (χ4v) is 4.66. The number of rotatable bonds is 5. The molecular weight excluding hydrogens is 489 g/mol. The topological polar surface area (TPSA) is 104 Å².